The topological polar surface area (TPSA) is 88.5 Å². The van der Waals surface area contributed by atoms with Crippen LogP contribution in [0.3, 0.4) is 0 Å². The summed E-state index contributed by atoms with van der Waals surface area (Å²) in [6.07, 6.45) is 6.60. The lowest BCUT2D eigenvalue weighted by atomic mass is 9.69. The number of aromatic nitrogens is 2. The van der Waals surface area contributed by atoms with Crippen LogP contribution >= 0.6 is 0 Å². The van der Waals surface area contributed by atoms with Crippen molar-refractivity contribution in [1.29, 1.82) is 0 Å². The van der Waals surface area contributed by atoms with Crippen molar-refractivity contribution in [2.24, 2.45) is 12.5 Å². The number of carbonyl (C=O) groups excluding carboxylic acids is 2. The van der Waals surface area contributed by atoms with Crippen LogP contribution in [0.15, 0.2) is 12.3 Å². The van der Waals surface area contributed by atoms with Crippen molar-refractivity contribution in [2.45, 2.75) is 38.1 Å². The zero-order valence-corrected chi connectivity index (χ0v) is 15.0. The Morgan fingerprint density at radius 3 is 2.84 bits per heavy atom. The molecule has 2 fully saturated rings. The third kappa shape index (κ3) is 3.95. The zero-order chi connectivity index (χ0) is 17.9. The SMILES string of the molecule is COCC1(CNC(=O)NC2CCCN(c3ccn(C)n3)C2=O)CCC1. The molecule has 1 aliphatic carbocycles. The molecule has 1 unspecified atom stereocenters. The van der Waals surface area contributed by atoms with E-state index in [1.54, 1.807) is 22.9 Å². The molecule has 8 nitrogen and oxygen atoms in total. The summed E-state index contributed by atoms with van der Waals surface area (Å²) in [5, 5.41) is 10.0. The van der Waals surface area contributed by atoms with Gasteiger partial charge in [-0.3, -0.25) is 14.4 Å². The van der Waals surface area contributed by atoms with Gasteiger partial charge in [0.25, 0.3) is 5.91 Å². The van der Waals surface area contributed by atoms with E-state index in [1.165, 1.54) is 6.42 Å². The molecule has 1 aliphatic heterocycles. The van der Waals surface area contributed by atoms with E-state index in [-0.39, 0.29) is 17.4 Å². The fraction of sp³-hybridized carbons (Fsp3) is 0.706. The summed E-state index contributed by atoms with van der Waals surface area (Å²) < 4.78 is 6.94. The predicted octanol–water partition coefficient (Wildman–Crippen LogP) is 1.03. The third-order valence-electron chi connectivity index (χ3n) is 5.21. The molecule has 138 valence electrons. The summed E-state index contributed by atoms with van der Waals surface area (Å²) in [5.41, 5.74) is 0.0582. The summed E-state index contributed by atoms with van der Waals surface area (Å²) in [6, 6.07) is 1.02. The van der Waals surface area contributed by atoms with Crippen molar-refractivity contribution >= 4 is 17.8 Å². The Balaban J connectivity index is 1.53. The molecular formula is C17H27N5O3. The highest BCUT2D eigenvalue weighted by Crippen LogP contribution is 2.40. The van der Waals surface area contributed by atoms with Crippen LogP contribution < -0.4 is 15.5 Å². The number of piperidine rings is 1. The number of hydrogen-bond donors (Lipinski definition) is 2. The molecule has 1 saturated heterocycles. The Morgan fingerprint density at radius 2 is 2.24 bits per heavy atom. The molecule has 8 heteroatoms. The molecule has 2 N–H and O–H groups in total. The number of urea groups is 1. The predicted molar refractivity (Wildman–Crippen MR) is 93.3 cm³/mol. The second-order valence-electron chi connectivity index (χ2n) is 7.15. The van der Waals surface area contributed by atoms with E-state index in [4.69, 9.17) is 4.74 Å². The van der Waals surface area contributed by atoms with Crippen LogP contribution in [0.2, 0.25) is 0 Å². The van der Waals surface area contributed by atoms with Gasteiger partial charge in [-0.05, 0) is 25.7 Å². The molecule has 1 aromatic rings. The second kappa shape index (κ2) is 7.43. The number of aryl methyl sites for hydroxylation is 1. The van der Waals surface area contributed by atoms with Crippen molar-refractivity contribution in [3.05, 3.63) is 12.3 Å². The molecule has 3 amide bonds. The minimum Gasteiger partial charge on any atom is -0.384 e. The van der Waals surface area contributed by atoms with Gasteiger partial charge >= 0.3 is 6.03 Å². The second-order valence-corrected chi connectivity index (χ2v) is 7.15. The minimum atomic E-state index is -0.504. The number of anilines is 1. The zero-order valence-electron chi connectivity index (χ0n) is 15.0. The van der Waals surface area contributed by atoms with Crippen molar-refractivity contribution in [3.63, 3.8) is 0 Å². The quantitative estimate of drug-likeness (QED) is 0.803. The highest BCUT2D eigenvalue weighted by Gasteiger charge is 2.38. The number of nitrogens with one attached hydrogen (secondary N) is 2. The van der Waals surface area contributed by atoms with E-state index in [2.05, 4.69) is 15.7 Å². The molecule has 1 atom stereocenters. The van der Waals surface area contributed by atoms with E-state index < -0.39 is 6.04 Å². The van der Waals surface area contributed by atoms with Crippen molar-refractivity contribution in [2.75, 3.05) is 31.7 Å². The molecule has 2 aliphatic rings. The summed E-state index contributed by atoms with van der Waals surface area (Å²) in [7, 11) is 3.50. The first kappa shape index (κ1) is 17.7. The van der Waals surface area contributed by atoms with Crippen LogP contribution in [0.4, 0.5) is 10.6 Å². The molecule has 2 heterocycles. The van der Waals surface area contributed by atoms with Crippen LogP contribution in [0.5, 0.6) is 0 Å². The van der Waals surface area contributed by atoms with Crippen LogP contribution in [-0.2, 0) is 16.6 Å². The Hall–Kier alpha value is -2.09. The minimum absolute atomic E-state index is 0.0582. The van der Waals surface area contributed by atoms with Gasteiger partial charge in [-0.15, -0.1) is 0 Å². The maximum Gasteiger partial charge on any atom is 0.315 e. The monoisotopic (exact) mass is 349 g/mol. The van der Waals surface area contributed by atoms with Gasteiger partial charge in [0, 0.05) is 44.9 Å². The van der Waals surface area contributed by atoms with Crippen LogP contribution in [0.1, 0.15) is 32.1 Å². The smallest absolute Gasteiger partial charge is 0.315 e. The lowest BCUT2D eigenvalue weighted by Gasteiger charge is -2.41. The number of rotatable bonds is 6. The van der Waals surface area contributed by atoms with Gasteiger partial charge in [-0.25, -0.2) is 4.79 Å². The van der Waals surface area contributed by atoms with E-state index >= 15 is 0 Å². The normalized spacial score (nSPS) is 22.4. The Morgan fingerprint density at radius 1 is 1.44 bits per heavy atom. The van der Waals surface area contributed by atoms with E-state index in [1.807, 2.05) is 13.1 Å². The molecular weight excluding hydrogens is 322 g/mol. The van der Waals surface area contributed by atoms with E-state index in [0.717, 1.165) is 19.3 Å². The van der Waals surface area contributed by atoms with Crippen molar-refractivity contribution in [3.8, 4) is 0 Å². The van der Waals surface area contributed by atoms with E-state index in [9.17, 15) is 9.59 Å². The van der Waals surface area contributed by atoms with Gasteiger partial charge in [0.05, 0.1) is 6.61 Å². The lowest BCUT2D eigenvalue weighted by Crippen LogP contribution is -2.56. The maximum atomic E-state index is 12.7. The number of hydrogen-bond acceptors (Lipinski definition) is 4. The standard InChI is InChI=1S/C17H27N5O3/c1-21-10-6-14(20-21)22-9-3-5-13(15(22)23)19-16(24)18-11-17(12-25-2)7-4-8-17/h6,10,13H,3-5,7-9,11-12H2,1-2H3,(H2,18,19,24). The molecule has 0 spiro atoms. The van der Waals surface area contributed by atoms with Gasteiger partial charge in [0.15, 0.2) is 5.82 Å². The number of methoxy groups -OCH3 is 1. The van der Waals surface area contributed by atoms with Gasteiger partial charge < -0.3 is 15.4 Å². The van der Waals surface area contributed by atoms with Gasteiger partial charge in [0.1, 0.15) is 6.04 Å². The van der Waals surface area contributed by atoms with Gasteiger partial charge in [-0.1, -0.05) is 6.42 Å². The van der Waals surface area contributed by atoms with E-state index in [0.29, 0.717) is 31.9 Å². The molecule has 0 radical (unpaired) electrons. The molecule has 25 heavy (non-hydrogen) atoms. The fourth-order valence-electron chi connectivity index (χ4n) is 3.62. The maximum absolute atomic E-state index is 12.7. The first-order valence-corrected chi connectivity index (χ1v) is 8.87. The summed E-state index contributed by atoms with van der Waals surface area (Å²) >= 11 is 0. The summed E-state index contributed by atoms with van der Waals surface area (Å²) in [4.78, 5) is 26.5. The largest absolute Gasteiger partial charge is 0.384 e. The number of amides is 3. The molecule has 1 aromatic heterocycles. The number of ether oxygens (including phenoxy) is 1. The first-order valence-electron chi connectivity index (χ1n) is 8.87. The van der Waals surface area contributed by atoms with Gasteiger partial charge in [0.2, 0.25) is 0 Å². The van der Waals surface area contributed by atoms with Crippen LogP contribution in [0, 0.1) is 5.41 Å². The Bertz CT molecular complexity index is 626. The van der Waals surface area contributed by atoms with Crippen molar-refractivity contribution in [1.82, 2.24) is 20.4 Å². The lowest BCUT2D eigenvalue weighted by molar-refractivity contribution is -0.121. The summed E-state index contributed by atoms with van der Waals surface area (Å²) in [6.45, 7) is 1.87. The number of carbonyl (C=O) groups is 2. The third-order valence-corrected chi connectivity index (χ3v) is 5.21. The highest BCUT2D eigenvalue weighted by molar-refractivity contribution is 5.99. The Kier molecular flexibility index (Phi) is 5.27. The number of nitrogens with zero attached hydrogens (tertiary/aromatic N) is 3. The molecule has 1 saturated carbocycles. The summed E-state index contributed by atoms with van der Waals surface area (Å²) in [5.74, 6) is 0.531. The highest BCUT2D eigenvalue weighted by atomic mass is 16.5. The molecule has 3 rings (SSSR count). The first-order chi connectivity index (χ1) is 12.0. The molecule has 0 aromatic carbocycles. The fourth-order valence-corrected chi connectivity index (χ4v) is 3.62. The van der Waals surface area contributed by atoms with Crippen LogP contribution in [0.25, 0.3) is 0 Å². The average molecular weight is 349 g/mol. The van der Waals surface area contributed by atoms with Gasteiger partial charge in [-0.2, -0.15) is 5.10 Å². The molecule has 0 bridgehead atoms. The average Bonchev–Trinajstić information content (AvgIpc) is 2.98. The van der Waals surface area contributed by atoms with Crippen molar-refractivity contribution < 1.29 is 14.3 Å². The van der Waals surface area contributed by atoms with Crippen LogP contribution in [-0.4, -0.2) is 54.6 Å². The Labute approximate surface area is 147 Å².